The average molecular weight is 1000 g/mol. The fourth-order valence-electron chi connectivity index (χ4n) is 10.4. The molecular formula is C50H41Br2N3O6S2. The van der Waals surface area contributed by atoms with Crippen molar-refractivity contribution in [1.82, 2.24) is 4.90 Å². The van der Waals surface area contributed by atoms with Crippen LogP contribution in [0, 0.1) is 5.92 Å². The summed E-state index contributed by atoms with van der Waals surface area (Å²) < 4.78 is 63.1. The van der Waals surface area contributed by atoms with Crippen molar-refractivity contribution in [2.24, 2.45) is 5.92 Å². The predicted octanol–water partition coefficient (Wildman–Crippen LogP) is 9.58. The lowest BCUT2D eigenvalue weighted by molar-refractivity contribution is -0.130. The van der Waals surface area contributed by atoms with Crippen molar-refractivity contribution in [2.45, 2.75) is 52.4 Å². The number of rotatable bonds is 10. The zero-order chi connectivity index (χ0) is 43.7. The fourth-order valence-corrected chi connectivity index (χ4v) is 15.1. The van der Waals surface area contributed by atoms with Gasteiger partial charge in [-0.15, -0.1) is 0 Å². The van der Waals surface area contributed by atoms with Crippen LogP contribution in [0.4, 0.5) is 11.4 Å². The summed E-state index contributed by atoms with van der Waals surface area (Å²) in [5.74, 6) is -3.57. The predicted molar refractivity (Wildman–Crippen MR) is 250 cm³/mol. The van der Waals surface area contributed by atoms with Crippen LogP contribution in [0.1, 0.15) is 41.0 Å². The summed E-state index contributed by atoms with van der Waals surface area (Å²) in [5, 5.41) is -1.55. The van der Waals surface area contributed by atoms with Crippen molar-refractivity contribution in [2.75, 3.05) is 22.1 Å². The molecule has 0 N–H and O–H groups in total. The van der Waals surface area contributed by atoms with Gasteiger partial charge in [-0.2, -0.15) is 0 Å². The molecule has 318 valence electrons. The number of halogens is 2. The molecule has 0 bridgehead atoms. The van der Waals surface area contributed by atoms with Crippen molar-refractivity contribution >= 4 is 74.7 Å². The van der Waals surface area contributed by atoms with Crippen LogP contribution in [0.5, 0.6) is 0 Å². The summed E-state index contributed by atoms with van der Waals surface area (Å²) in [6.45, 7) is 0.707. The van der Waals surface area contributed by atoms with Gasteiger partial charge in [-0.3, -0.25) is 9.59 Å². The Morgan fingerprint density at radius 2 is 1.16 bits per heavy atom. The summed E-state index contributed by atoms with van der Waals surface area (Å²) >= 11 is 7.34. The Balaban J connectivity index is 1.27. The molecule has 0 unspecified atom stereocenters. The second-order valence-electron chi connectivity index (χ2n) is 16.5. The first-order valence-corrected chi connectivity index (χ1v) is 25.6. The van der Waals surface area contributed by atoms with Crippen LogP contribution in [-0.4, -0.2) is 51.1 Å². The third-order valence-electron chi connectivity index (χ3n) is 13.0. The van der Waals surface area contributed by atoms with Crippen LogP contribution in [-0.2, 0) is 47.9 Å². The number of carbonyl (C=O) groups is 2. The molecule has 63 heavy (non-hydrogen) atoms. The zero-order valence-corrected chi connectivity index (χ0v) is 38.7. The second kappa shape index (κ2) is 16.0. The monoisotopic (exact) mass is 1000 g/mol. The van der Waals surface area contributed by atoms with Gasteiger partial charge in [0.1, 0.15) is 5.25 Å². The summed E-state index contributed by atoms with van der Waals surface area (Å²) in [6, 6.07) is 46.6. The number of carbonyl (C=O) groups excluding carboxylic acids is 2. The molecule has 0 saturated carbocycles. The zero-order valence-electron chi connectivity index (χ0n) is 33.8. The molecule has 1 spiro atoms. The highest BCUT2D eigenvalue weighted by atomic mass is 79.9. The summed E-state index contributed by atoms with van der Waals surface area (Å²) in [4.78, 5) is 36.8. The smallest absolute Gasteiger partial charge is 0.258 e. The normalized spacial score (nSPS) is 21.9. The molecule has 6 aromatic rings. The average Bonchev–Trinajstić information content (AvgIpc) is 3.83. The third-order valence-corrected chi connectivity index (χ3v) is 17.9. The van der Waals surface area contributed by atoms with Gasteiger partial charge >= 0.3 is 0 Å². The van der Waals surface area contributed by atoms with E-state index in [0.717, 1.165) is 15.6 Å². The topological polar surface area (TPSA) is 112 Å². The van der Waals surface area contributed by atoms with Gasteiger partial charge in [0.15, 0.2) is 25.2 Å². The van der Waals surface area contributed by atoms with Crippen LogP contribution in [0.25, 0.3) is 0 Å². The van der Waals surface area contributed by atoms with Gasteiger partial charge < -0.3 is 14.7 Å². The van der Waals surface area contributed by atoms with E-state index in [2.05, 4.69) is 31.9 Å². The number of amides is 2. The minimum absolute atomic E-state index is 0.000756. The molecule has 4 atom stereocenters. The summed E-state index contributed by atoms with van der Waals surface area (Å²) in [7, 11) is -8.76. The van der Waals surface area contributed by atoms with E-state index < -0.39 is 54.0 Å². The molecule has 4 heterocycles. The van der Waals surface area contributed by atoms with E-state index in [1.165, 1.54) is 24.3 Å². The molecule has 1 saturated heterocycles. The van der Waals surface area contributed by atoms with E-state index in [-0.39, 0.29) is 28.8 Å². The largest absolute Gasteiger partial charge is 0.355 e. The van der Waals surface area contributed by atoms with Gasteiger partial charge in [0, 0.05) is 38.4 Å². The van der Waals surface area contributed by atoms with Gasteiger partial charge in [0.2, 0.25) is 5.91 Å². The van der Waals surface area contributed by atoms with Gasteiger partial charge in [-0.05, 0) is 95.8 Å². The maximum atomic E-state index is 16.2. The Morgan fingerprint density at radius 3 is 1.78 bits per heavy atom. The highest BCUT2D eigenvalue weighted by Crippen LogP contribution is 2.62. The molecule has 4 aliphatic rings. The maximum absolute atomic E-state index is 16.2. The van der Waals surface area contributed by atoms with Crippen LogP contribution in [0.3, 0.4) is 0 Å². The summed E-state index contributed by atoms with van der Waals surface area (Å²) in [6.07, 6.45) is 0.841. The Bertz CT molecular complexity index is 3050. The Kier molecular flexibility index (Phi) is 10.6. The number of hydrogen-bond donors (Lipinski definition) is 0. The van der Waals surface area contributed by atoms with E-state index in [4.69, 9.17) is 0 Å². The molecule has 0 aliphatic carbocycles. The van der Waals surface area contributed by atoms with Gasteiger partial charge in [0.25, 0.3) is 5.91 Å². The molecule has 1 fully saturated rings. The number of fused-ring (bicyclic) bond motifs is 5. The minimum atomic E-state index is -4.50. The first-order chi connectivity index (χ1) is 30.4. The molecule has 0 radical (unpaired) electrons. The molecule has 9 nitrogen and oxygen atoms in total. The lowest BCUT2D eigenvalue weighted by Gasteiger charge is -2.42. The molecular weight excluding hydrogens is 963 g/mol. The standard InChI is InChI=1S/C50H41Br2N3O6S2/c51-35-23-25-43-40(28-35)45(48(56)53(43)30-33-14-5-1-6-15-33)39-22-13-27-55-46(39)47(63(60,61)38-20-11-4-12-21-38)42(32-62(58,59)37-18-9-3-10-19-37)50(55)41-29-36(52)24-26-44(41)54(49(50)57)31-34-16-7-2-8-17-34/h1-12,14-21,23-26,28-29,42,45,47H,13,22,27,30-32H2/t42-,45-,47-,50+/m0/s1. The van der Waals surface area contributed by atoms with Gasteiger partial charge in [0.05, 0.1) is 40.2 Å². The molecule has 13 heteroatoms. The number of nitrogens with zero attached hydrogens (tertiary/aromatic N) is 3. The van der Waals surface area contributed by atoms with E-state index in [1.807, 2.05) is 102 Å². The Morgan fingerprint density at radius 1 is 0.619 bits per heavy atom. The lowest BCUT2D eigenvalue weighted by atomic mass is 9.80. The van der Waals surface area contributed by atoms with Crippen LogP contribution < -0.4 is 9.80 Å². The van der Waals surface area contributed by atoms with E-state index >= 15 is 18.0 Å². The number of anilines is 2. The van der Waals surface area contributed by atoms with Gasteiger partial charge in [-0.1, -0.05) is 129 Å². The van der Waals surface area contributed by atoms with Crippen molar-refractivity contribution < 1.29 is 26.4 Å². The van der Waals surface area contributed by atoms with E-state index in [1.54, 1.807) is 46.2 Å². The molecule has 4 aliphatic heterocycles. The quantitative estimate of drug-likeness (QED) is 0.134. The second-order valence-corrected chi connectivity index (χ2v) is 22.4. The first kappa shape index (κ1) is 41.7. The third kappa shape index (κ3) is 6.81. The van der Waals surface area contributed by atoms with E-state index in [9.17, 15) is 8.42 Å². The fraction of sp³-hybridized carbons (Fsp3) is 0.200. The highest BCUT2D eigenvalue weighted by molar-refractivity contribution is 9.10. The van der Waals surface area contributed by atoms with Crippen molar-refractivity contribution in [3.05, 3.63) is 200 Å². The SMILES string of the molecule is O=C1[C@@H](C2=C3[C@@H](S(=O)(=O)c4ccccc4)[C@H](CS(=O)(=O)c4ccccc4)[C@]4(C(=O)N(Cc5ccccc5)c5ccc(Br)cc54)N3CCC2)c2cc(Br)ccc2N1Cc1ccccc1. The molecule has 10 rings (SSSR count). The van der Waals surface area contributed by atoms with Crippen molar-refractivity contribution in [3.8, 4) is 0 Å². The maximum Gasteiger partial charge on any atom is 0.258 e. The molecule has 2 amide bonds. The van der Waals surface area contributed by atoms with Crippen LogP contribution in [0.15, 0.2) is 188 Å². The Labute approximate surface area is 384 Å². The van der Waals surface area contributed by atoms with E-state index in [0.29, 0.717) is 57.6 Å². The van der Waals surface area contributed by atoms with Gasteiger partial charge in [-0.25, -0.2) is 16.8 Å². The van der Waals surface area contributed by atoms with Crippen LogP contribution in [0.2, 0.25) is 0 Å². The number of benzene rings is 6. The molecule has 6 aromatic carbocycles. The minimum Gasteiger partial charge on any atom is -0.355 e. The molecule has 0 aromatic heterocycles. The lowest BCUT2D eigenvalue weighted by Crippen LogP contribution is -2.55. The number of hydrogen-bond acceptors (Lipinski definition) is 7. The van der Waals surface area contributed by atoms with Crippen molar-refractivity contribution in [1.29, 1.82) is 0 Å². The van der Waals surface area contributed by atoms with Crippen molar-refractivity contribution in [3.63, 3.8) is 0 Å². The first-order valence-electron chi connectivity index (χ1n) is 20.8. The highest BCUT2D eigenvalue weighted by Gasteiger charge is 2.70. The van der Waals surface area contributed by atoms with Crippen LogP contribution >= 0.6 is 31.9 Å². The number of sulfone groups is 2. The Hall–Kier alpha value is -5.34. The summed E-state index contributed by atoms with van der Waals surface area (Å²) in [5.41, 5.74) is 3.38.